The maximum atomic E-state index is 14.3. The highest BCUT2D eigenvalue weighted by Gasteiger charge is 2.28. The number of hydrogen-bond donors (Lipinski definition) is 1. The van der Waals surface area contributed by atoms with Gasteiger partial charge in [-0.25, -0.2) is 13.9 Å². The first-order valence-corrected chi connectivity index (χ1v) is 8.99. The molecule has 0 radical (unpaired) electrons. The van der Waals surface area contributed by atoms with E-state index in [1.54, 1.807) is 19.1 Å². The molecule has 2 aromatic carbocycles. The van der Waals surface area contributed by atoms with Gasteiger partial charge in [-0.3, -0.25) is 9.59 Å². The molecule has 140 valence electrons. The van der Waals surface area contributed by atoms with E-state index in [1.165, 1.54) is 18.2 Å². The molecule has 0 saturated heterocycles. The van der Waals surface area contributed by atoms with E-state index in [0.29, 0.717) is 4.47 Å². The second kappa shape index (κ2) is 7.96. The Labute approximate surface area is 161 Å². The predicted octanol–water partition coefficient (Wildman–Crippen LogP) is 3.85. The van der Waals surface area contributed by atoms with Crippen LogP contribution in [0.2, 0.25) is 0 Å². The van der Waals surface area contributed by atoms with Gasteiger partial charge in [0.05, 0.1) is 17.7 Å². The molecule has 3 aromatic rings. The van der Waals surface area contributed by atoms with E-state index in [2.05, 4.69) is 26.1 Å². The average molecular weight is 437 g/mol. The van der Waals surface area contributed by atoms with Crippen molar-refractivity contribution in [3.63, 3.8) is 0 Å². The number of hydrogen-bond acceptors (Lipinski definition) is 4. The molecule has 27 heavy (non-hydrogen) atoms. The van der Waals surface area contributed by atoms with Crippen LogP contribution in [0.3, 0.4) is 0 Å². The number of aromatic amines is 1. The number of nitrogens with one attached hydrogen (secondary N) is 1. The van der Waals surface area contributed by atoms with Gasteiger partial charge in [-0.2, -0.15) is 5.10 Å². The number of carbonyl (C=O) groups is 1. The molecule has 0 saturated carbocycles. The summed E-state index contributed by atoms with van der Waals surface area (Å²) < 4.78 is 34.1. The first kappa shape index (κ1) is 19.2. The standard InChI is InChI=1S/C19H15BrF2N2O3/c1-2-27-19(26)13(8-10-6-7-11(20)9-15(10)22)17-12-4-3-5-14(21)16(12)18(25)24-23-17/h3-7,9,13H,2,8H2,1H3,(H,24,25). The molecule has 0 fully saturated rings. The van der Waals surface area contributed by atoms with E-state index < -0.39 is 29.1 Å². The monoisotopic (exact) mass is 436 g/mol. The molecule has 0 spiro atoms. The van der Waals surface area contributed by atoms with Crippen LogP contribution in [0.25, 0.3) is 10.8 Å². The minimum Gasteiger partial charge on any atom is -0.465 e. The van der Waals surface area contributed by atoms with Crippen molar-refractivity contribution >= 4 is 32.7 Å². The number of aromatic nitrogens is 2. The largest absolute Gasteiger partial charge is 0.465 e. The summed E-state index contributed by atoms with van der Waals surface area (Å²) in [6.45, 7) is 1.76. The molecular weight excluding hydrogens is 422 g/mol. The fourth-order valence-electron chi connectivity index (χ4n) is 2.90. The third-order valence-electron chi connectivity index (χ3n) is 4.13. The average Bonchev–Trinajstić information content (AvgIpc) is 2.62. The predicted molar refractivity (Wildman–Crippen MR) is 99.5 cm³/mol. The Bertz CT molecular complexity index is 1070. The molecular formula is C19H15BrF2N2O3. The summed E-state index contributed by atoms with van der Waals surface area (Å²) in [5, 5.41) is 6.16. The van der Waals surface area contributed by atoms with Crippen LogP contribution in [-0.2, 0) is 16.0 Å². The number of esters is 1. The highest BCUT2D eigenvalue weighted by atomic mass is 79.9. The molecule has 0 aliphatic carbocycles. The van der Waals surface area contributed by atoms with Crippen molar-refractivity contribution in [2.24, 2.45) is 0 Å². The second-order valence-electron chi connectivity index (χ2n) is 5.84. The highest BCUT2D eigenvalue weighted by Crippen LogP contribution is 2.28. The van der Waals surface area contributed by atoms with Crippen molar-refractivity contribution in [1.82, 2.24) is 10.2 Å². The molecule has 1 N–H and O–H groups in total. The van der Waals surface area contributed by atoms with E-state index in [9.17, 15) is 18.4 Å². The lowest BCUT2D eigenvalue weighted by molar-refractivity contribution is -0.145. The summed E-state index contributed by atoms with van der Waals surface area (Å²) in [7, 11) is 0. The zero-order valence-electron chi connectivity index (χ0n) is 14.3. The summed E-state index contributed by atoms with van der Waals surface area (Å²) in [5.74, 6) is -2.87. The number of benzene rings is 2. The fourth-order valence-corrected chi connectivity index (χ4v) is 3.24. The van der Waals surface area contributed by atoms with Gasteiger partial charge in [-0.15, -0.1) is 0 Å². The third kappa shape index (κ3) is 3.90. The van der Waals surface area contributed by atoms with E-state index in [0.717, 1.165) is 6.07 Å². The first-order valence-electron chi connectivity index (χ1n) is 8.19. The molecule has 3 rings (SSSR count). The lowest BCUT2D eigenvalue weighted by Gasteiger charge is -2.17. The van der Waals surface area contributed by atoms with Gasteiger partial charge in [-0.1, -0.05) is 34.1 Å². The van der Waals surface area contributed by atoms with Crippen LogP contribution in [-0.4, -0.2) is 22.8 Å². The number of halogens is 3. The normalized spacial score (nSPS) is 12.1. The molecule has 1 unspecified atom stereocenters. The van der Waals surface area contributed by atoms with Gasteiger partial charge < -0.3 is 4.74 Å². The zero-order valence-corrected chi connectivity index (χ0v) is 15.8. The summed E-state index contributed by atoms with van der Waals surface area (Å²) in [6.07, 6.45) is -0.0530. The summed E-state index contributed by atoms with van der Waals surface area (Å²) in [4.78, 5) is 24.5. The topological polar surface area (TPSA) is 72.0 Å². The minimum atomic E-state index is -1.01. The van der Waals surface area contributed by atoms with Gasteiger partial charge in [0.1, 0.15) is 17.6 Å². The van der Waals surface area contributed by atoms with Gasteiger partial charge >= 0.3 is 5.97 Å². The third-order valence-corrected chi connectivity index (χ3v) is 4.63. The van der Waals surface area contributed by atoms with Crippen molar-refractivity contribution in [2.45, 2.75) is 19.3 Å². The van der Waals surface area contributed by atoms with Crippen LogP contribution in [0.4, 0.5) is 8.78 Å². The number of fused-ring (bicyclic) bond motifs is 1. The lowest BCUT2D eigenvalue weighted by Crippen LogP contribution is -2.23. The molecule has 0 aliphatic rings. The fraction of sp³-hybridized carbons (Fsp3) is 0.211. The maximum Gasteiger partial charge on any atom is 0.315 e. The van der Waals surface area contributed by atoms with Crippen molar-refractivity contribution in [3.05, 3.63) is 74.1 Å². The van der Waals surface area contributed by atoms with Gasteiger partial charge in [0, 0.05) is 9.86 Å². The zero-order chi connectivity index (χ0) is 19.6. The van der Waals surface area contributed by atoms with Crippen molar-refractivity contribution in [2.75, 3.05) is 6.61 Å². The van der Waals surface area contributed by atoms with E-state index >= 15 is 0 Å². The van der Waals surface area contributed by atoms with Crippen molar-refractivity contribution in [3.8, 4) is 0 Å². The van der Waals surface area contributed by atoms with Crippen LogP contribution < -0.4 is 5.56 Å². The van der Waals surface area contributed by atoms with Gasteiger partial charge in [-0.05, 0) is 37.1 Å². The Balaban J connectivity index is 2.16. The van der Waals surface area contributed by atoms with E-state index in [1.807, 2.05) is 0 Å². The number of rotatable bonds is 5. The SMILES string of the molecule is CCOC(=O)C(Cc1ccc(Br)cc1F)c1n[nH]c(=O)c2c(F)cccc12. The lowest BCUT2D eigenvalue weighted by atomic mass is 9.92. The Morgan fingerprint density at radius 3 is 2.74 bits per heavy atom. The molecule has 0 amide bonds. The Morgan fingerprint density at radius 1 is 1.26 bits per heavy atom. The molecule has 5 nitrogen and oxygen atoms in total. The summed E-state index contributed by atoms with van der Waals surface area (Å²) >= 11 is 3.18. The quantitative estimate of drug-likeness (QED) is 0.616. The maximum absolute atomic E-state index is 14.3. The van der Waals surface area contributed by atoms with Crippen LogP contribution in [0.5, 0.6) is 0 Å². The molecule has 0 aliphatic heterocycles. The second-order valence-corrected chi connectivity index (χ2v) is 6.76. The van der Waals surface area contributed by atoms with Gasteiger partial charge in [0.2, 0.25) is 0 Å². The molecule has 0 bridgehead atoms. The van der Waals surface area contributed by atoms with Crippen molar-refractivity contribution < 1.29 is 18.3 Å². The summed E-state index contributed by atoms with van der Waals surface area (Å²) in [5.41, 5.74) is -0.303. The number of H-pyrrole nitrogens is 1. The number of ether oxygens (including phenoxy) is 1. The number of nitrogens with zero attached hydrogens (tertiary/aromatic N) is 1. The molecule has 8 heteroatoms. The Hall–Kier alpha value is -2.61. The van der Waals surface area contributed by atoms with Gasteiger partial charge in [0.15, 0.2) is 0 Å². The molecule has 1 heterocycles. The van der Waals surface area contributed by atoms with Crippen LogP contribution in [0.1, 0.15) is 24.1 Å². The van der Waals surface area contributed by atoms with Crippen LogP contribution in [0, 0.1) is 11.6 Å². The van der Waals surface area contributed by atoms with Crippen LogP contribution >= 0.6 is 15.9 Å². The Morgan fingerprint density at radius 2 is 2.04 bits per heavy atom. The van der Waals surface area contributed by atoms with E-state index in [-0.39, 0.29) is 35.1 Å². The highest BCUT2D eigenvalue weighted by molar-refractivity contribution is 9.10. The van der Waals surface area contributed by atoms with Crippen molar-refractivity contribution in [1.29, 1.82) is 0 Å². The molecule has 1 aromatic heterocycles. The number of carbonyl (C=O) groups excluding carboxylic acids is 1. The van der Waals surface area contributed by atoms with Gasteiger partial charge in [0.25, 0.3) is 5.56 Å². The van der Waals surface area contributed by atoms with E-state index in [4.69, 9.17) is 4.74 Å². The minimum absolute atomic E-state index is 0.0530. The Kier molecular flexibility index (Phi) is 5.65. The van der Waals surface area contributed by atoms with Crippen LogP contribution in [0.15, 0.2) is 45.7 Å². The smallest absolute Gasteiger partial charge is 0.315 e. The summed E-state index contributed by atoms with van der Waals surface area (Å²) in [6, 6.07) is 8.55. The first-order chi connectivity index (χ1) is 12.9. The molecule has 1 atom stereocenters.